The van der Waals surface area contributed by atoms with Gasteiger partial charge in [-0.05, 0) is 35.4 Å². The van der Waals surface area contributed by atoms with E-state index in [9.17, 15) is 29.0 Å². The molecule has 0 aliphatic heterocycles. The number of amides is 1. The first-order valence-corrected chi connectivity index (χ1v) is 10.1. The zero-order valence-electron chi connectivity index (χ0n) is 15.6. The fraction of sp³-hybridized carbons (Fsp3) is 0.286. The largest absolute Gasteiger partial charge is 0.508 e. The van der Waals surface area contributed by atoms with Gasteiger partial charge >= 0.3 is 5.97 Å². The van der Waals surface area contributed by atoms with Crippen molar-refractivity contribution in [3.63, 3.8) is 0 Å². The zero-order valence-corrected chi connectivity index (χ0v) is 16.4. The molecule has 8 heteroatoms. The Bertz CT molecular complexity index is 826. The summed E-state index contributed by atoms with van der Waals surface area (Å²) in [5, 5.41) is 21.3. The molecule has 0 aliphatic carbocycles. The highest BCUT2D eigenvalue weighted by molar-refractivity contribution is 7.99. The Hall–Kier alpha value is -2.87. The highest BCUT2D eigenvalue weighted by Crippen LogP contribution is 2.25. The number of hydrogen-bond acceptors (Lipinski definition) is 5. The topological polar surface area (TPSA) is 104 Å². The van der Waals surface area contributed by atoms with E-state index in [1.807, 2.05) is 0 Å². The van der Waals surface area contributed by atoms with Gasteiger partial charge in [-0.15, -0.1) is 0 Å². The fourth-order valence-electron chi connectivity index (χ4n) is 2.81. The predicted octanol–water partition coefficient (Wildman–Crippen LogP) is 2.75. The molecule has 2 aromatic carbocycles. The van der Waals surface area contributed by atoms with Gasteiger partial charge in [0.2, 0.25) is 5.91 Å². The van der Waals surface area contributed by atoms with Gasteiger partial charge < -0.3 is 20.3 Å². The molecule has 0 heterocycles. The van der Waals surface area contributed by atoms with Crippen molar-refractivity contribution in [2.24, 2.45) is 0 Å². The van der Waals surface area contributed by atoms with Gasteiger partial charge in [0.15, 0.2) is 0 Å². The summed E-state index contributed by atoms with van der Waals surface area (Å²) in [6.45, 7) is 0. The molecule has 0 fully saturated rings. The summed E-state index contributed by atoms with van der Waals surface area (Å²) < 4.78 is 13.2. The third-order valence-corrected chi connectivity index (χ3v) is 5.30. The third-order valence-electron chi connectivity index (χ3n) is 4.29. The number of benzene rings is 2. The number of carbonyl (C=O) groups excluding carboxylic acids is 2. The lowest BCUT2D eigenvalue weighted by Gasteiger charge is -2.19. The number of carboxylic acid groups (broad SMARTS) is 1. The molecule has 29 heavy (non-hydrogen) atoms. The van der Waals surface area contributed by atoms with Gasteiger partial charge in [-0.25, -0.2) is 9.18 Å². The third kappa shape index (κ3) is 7.57. The summed E-state index contributed by atoms with van der Waals surface area (Å²) in [4.78, 5) is 34.7. The van der Waals surface area contributed by atoms with Crippen molar-refractivity contribution >= 4 is 29.9 Å². The summed E-state index contributed by atoms with van der Waals surface area (Å²) in [6, 6.07) is 10.7. The number of carboxylic acids is 1. The summed E-state index contributed by atoms with van der Waals surface area (Å²) in [5.74, 6) is -1.48. The normalized spacial score (nSPS) is 12.7. The van der Waals surface area contributed by atoms with Crippen molar-refractivity contribution in [2.75, 3.05) is 11.5 Å². The Balaban J connectivity index is 2.05. The van der Waals surface area contributed by atoms with Crippen LogP contribution in [-0.4, -0.2) is 45.9 Å². The van der Waals surface area contributed by atoms with E-state index in [1.165, 1.54) is 36.0 Å². The molecule has 0 bridgehead atoms. The van der Waals surface area contributed by atoms with Crippen molar-refractivity contribution in [3.05, 3.63) is 65.5 Å². The van der Waals surface area contributed by atoms with Gasteiger partial charge in [0, 0.05) is 30.3 Å². The van der Waals surface area contributed by atoms with E-state index in [4.69, 9.17) is 0 Å². The first kappa shape index (κ1) is 22.4. The monoisotopic (exact) mass is 419 g/mol. The number of rotatable bonds is 11. The molecule has 0 aromatic heterocycles. The lowest BCUT2D eigenvalue weighted by molar-refractivity contribution is -0.141. The fourth-order valence-corrected chi connectivity index (χ4v) is 3.64. The maximum Gasteiger partial charge on any atom is 0.326 e. The van der Waals surface area contributed by atoms with E-state index >= 15 is 0 Å². The van der Waals surface area contributed by atoms with E-state index in [0.29, 0.717) is 11.3 Å². The first-order valence-electron chi connectivity index (χ1n) is 8.96. The molecule has 154 valence electrons. The summed E-state index contributed by atoms with van der Waals surface area (Å²) in [5.41, 5.74) is 1.40. The minimum absolute atomic E-state index is 0.0108. The van der Waals surface area contributed by atoms with Gasteiger partial charge in [-0.2, -0.15) is 11.8 Å². The van der Waals surface area contributed by atoms with Crippen molar-refractivity contribution in [2.45, 2.75) is 24.8 Å². The number of aldehydes is 1. The first-order chi connectivity index (χ1) is 13.9. The Morgan fingerprint density at radius 2 is 1.76 bits per heavy atom. The van der Waals surface area contributed by atoms with Crippen molar-refractivity contribution in [1.82, 2.24) is 5.32 Å². The highest BCUT2D eigenvalue weighted by atomic mass is 32.2. The molecule has 0 saturated heterocycles. The molecule has 0 saturated carbocycles. The van der Waals surface area contributed by atoms with Crippen LogP contribution in [0, 0.1) is 5.82 Å². The molecule has 0 spiro atoms. The van der Waals surface area contributed by atoms with Crippen LogP contribution in [0.2, 0.25) is 0 Å². The van der Waals surface area contributed by atoms with Crippen LogP contribution in [0.4, 0.5) is 4.39 Å². The molecule has 1 unspecified atom stereocenters. The minimum Gasteiger partial charge on any atom is -0.508 e. The number of halogens is 1. The van der Waals surface area contributed by atoms with Crippen LogP contribution in [0.15, 0.2) is 48.5 Å². The predicted molar refractivity (Wildman–Crippen MR) is 109 cm³/mol. The van der Waals surface area contributed by atoms with Crippen LogP contribution in [0.5, 0.6) is 5.75 Å². The number of nitrogens with one attached hydrogen (secondary N) is 1. The second-order valence-corrected chi connectivity index (χ2v) is 7.56. The molecular formula is C21H22FNO5S. The Kier molecular flexibility index (Phi) is 8.67. The molecule has 0 radical (unpaired) electrons. The molecule has 0 aliphatic rings. The van der Waals surface area contributed by atoms with E-state index in [1.54, 1.807) is 24.3 Å². The maximum absolute atomic E-state index is 13.2. The van der Waals surface area contributed by atoms with Gasteiger partial charge in [-0.3, -0.25) is 4.79 Å². The Labute approximate surface area is 172 Å². The number of aromatic hydroxyl groups is 1. The van der Waals surface area contributed by atoms with Crippen LogP contribution in [-0.2, 0) is 20.8 Å². The highest BCUT2D eigenvalue weighted by Gasteiger charge is 2.23. The standard InChI is InChI=1S/C21H22FNO5S/c22-17-5-3-15(4-6-17)16(13-29-10-9-24)12-20(26)23-19(21(27)28)11-14-1-7-18(25)8-2-14/h1-9,16,19,25H,10-13H2,(H,23,26)(H,27,28)/t16?,19-/m0/s1. The molecule has 1 amide bonds. The maximum atomic E-state index is 13.2. The number of phenols is 1. The molecule has 2 aromatic rings. The molecule has 2 rings (SSSR count). The average molecular weight is 419 g/mol. The quantitative estimate of drug-likeness (QED) is 0.382. The Morgan fingerprint density at radius 1 is 1.10 bits per heavy atom. The molecule has 6 nitrogen and oxygen atoms in total. The number of hydrogen-bond donors (Lipinski definition) is 3. The van der Waals surface area contributed by atoms with E-state index in [-0.39, 0.29) is 30.3 Å². The summed E-state index contributed by atoms with van der Waals surface area (Å²) >= 11 is 1.35. The van der Waals surface area contributed by atoms with Crippen molar-refractivity contribution < 1.29 is 29.0 Å². The van der Waals surface area contributed by atoms with Gasteiger partial charge in [0.1, 0.15) is 23.9 Å². The lowest BCUT2D eigenvalue weighted by atomic mass is 9.96. The molecule has 3 N–H and O–H groups in total. The van der Waals surface area contributed by atoms with Gasteiger partial charge in [0.05, 0.1) is 0 Å². The molecular weight excluding hydrogens is 397 g/mol. The van der Waals surface area contributed by atoms with Crippen LogP contribution in [0.25, 0.3) is 0 Å². The van der Waals surface area contributed by atoms with E-state index < -0.39 is 23.7 Å². The zero-order chi connectivity index (χ0) is 21.2. The van der Waals surface area contributed by atoms with E-state index in [2.05, 4.69) is 5.32 Å². The van der Waals surface area contributed by atoms with Crippen molar-refractivity contribution in [1.29, 1.82) is 0 Å². The SMILES string of the molecule is O=CCSCC(CC(=O)N[C@@H](Cc1ccc(O)cc1)C(=O)O)c1ccc(F)cc1. The lowest BCUT2D eigenvalue weighted by Crippen LogP contribution is -2.42. The van der Waals surface area contributed by atoms with Gasteiger partial charge in [-0.1, -0.05) is 24.3 Å². The van der Waals surface area contributed by atoms with Crippen LogP contribution >= 0.6 is 11.8 Å². The Morgan fingerprint density at radius 3 is 2.34 bits per heavy atom. The second kappa shape index (κ2) is 11.2. The van der Waals surface area contributed by atoms with Crippen LogP contribution in [0.3, 0.4) is 0 Å². The van der Waals surface area contributed by atoms with Crippen LogP contribution in [0.1, 0.15) is 23.5 Å². The number of thioether (sulfide) groups is 1. The number of aliphatic carboxylic acids is 1. The van der Waals surface area contributed by atoms with Crippen LogP contribution < -0.4 is 5.32 Å². The average Bonchev–Trinajstić information content (AvgIpc) is 2.69. The van der Waals surface area contributed by atoms with Crippen molar-refractivity contribution in [3.8, 4) is 5.75 Å². The minimum atomic E-state index is -1.17. The number of phenolic OH excluding ortho intramolecular Hbond substituents is 1. The number of carbonyl (C=O) groups is 3. The second-order valence-electron chi connectivity index (χ2n) is 6.49. The smallest absolute Gasteiger partial charge is 0.326 e. The summed E-state index contributed by atoms with van der Waals surface area (Å²) in [6.07, 6.45) is 0.851. The summed E-state index contributed by atoms with van der Waals surface area (Å²) in [7, 11) is 0. The molecule has 2 atom stereocenters. The van der Waals surface area contributed by atoms with E-state index in [0.717, 1.165) is 11.8 Å². The van der Waals surface area contributed by atoms with Gasteiger partial charge in [0.25, 0.3) is 0 Å².